The maximum atomic E-state index is 6.00. The second kappa shape index (κ2) is 6.11. The molecule has 0 saturated heterocycles. The van der Waals surface area contributed by atoms with E-state index in [1.807, 2.05) is 11.6 Å². The zero-order chi connectivity index (χ0) is 13.8. The standard InChI is InChI=1S/C15H20ClN3/c1-4-11-7-6-8-12(5-2)15(11)18-10-14-17-9-13(16)19(14)3/h6-9,18H,4-5,10H2,1-3H3. The minimum atomic E-state index is 0.663. The highest BCUT2D eigenvalue weighted by Crippen LogP contribution is 2.23. The molecule has 0 aliphatic rings. The summed E-state index contributed by atoms with van der Waals surface area (Å²) in [7, 11) is 1.93. The Kier molecular flexibility index (Phi) is 4.48. The van der Waals surface area contributed by atoms with E-state index in [9.17, 15) is 0 Å². The molecule has 0 bridgehead atoms. The van der Waals surface area contributed by atoms with Gasteiger partial charge in [0.1, 0.15) is 11.0 Å². The molecule has 0 unspecified atom stereocenters. The molecule has 1 N–H and O–H groups in total. The highest BCUT2D eigenvalue weighted by Gasteiger charge is 2.08. The molecule has 1 aromatic carbocycles. The van der Waals surface area contributed by atoms with Crippen LogP contribution in [-0.2, 0) is 26.4 Å². The molecule has 0 spiro atoms. The second-order valence-electron chi connectivity index (χ2n) is 4.57. The molecular weight excluding hydrogens is 258 g/mol. The molecule has 2 aromatic rings. The maximum Gasteiger partial charge on any atom is 0.128 e. The Balaban J connectivity index is 2.21. The van der Waals surface area contributed by atoms with Crippen molar-refractivity contribution < 1.29 is 0 Å². The van der Waals surface area contributed by atoms with Gasteiger partial charge in [0, 0.05) is 12.7 Å². The molecule has 4 heteroatoms. The Morgan fingerprint density at radius 1 is 1.21 bits per heavy atom. The molecule has 1 aromatic heterocycles. The number of hydrogen-bond donors (Lipinski definition) is 1. The lowest BCUT2D eigenvalue weighted by atomic mass is 10.0. The molecule has 0 amide bonds. The lowest BCUT2D eigenvalue weighted by Gasteiger charge is -2.15. The van der Waals surface area contributed by atoms with Crippen molar-refractivity contribution in [1.29, 1.82) is 0 Å². The first kappa shape index (κ1) is 13.9. The van der Waals surface area contributed by atoms with Crippen molar-refractivity contribution in [2.24, 2.45) is 7.05 Å². The third kappa shape index (κ3) is 2.92. The summed E-state index contributed by atoms with van der Waals surface area (Å²) in [6.07, 6.45) is 3.74. The number of hydrogen-bond acceptors (Lipinski definition) is 2. The van der Waals surface area contributed by atoms with E-state index in [2.05, 4.69) is 42.3 Å². The Bertz CT molecular complexity index is 538. The lowest BCUT2D eigenvalue weighted by Crippen LogP contribution is -2.09. The molecule has 0 saturated carbocycles. The van der Waals surface area contributed by atoms with Crippen LogP contribution in [-0.4, -0.2) is 9.55 Å². The number of para-hydroxylation sites is 1. The van der Waals surface area contributed by atoms with E-state index in [1.165, 1.54) is 16.8 Å². The van der Waals surface area contributed by atoms with Gasteiger partial charge in [-0.1, -0.05) is 43.6 Å². The average Bonchev–Trinajstić information content (AvgIpc) is 2.76. The van der Waals surface area contributed by atoms with Crippen LogP contribution in [0.4, 0.5) is 5.69 Å². The van der Waals surface area contributed by atoms with Crippen LogP contribution in [0.5, 0.6) is 0 Å². The van der Waals surface area contributed by atoms with Crippen LogP contribution in [0.2, 0.25) is 5.15 Å². The van der Waals surface area contributed by atoms with Crippen molar-refractivity contribution in [2.75, 3.05) is 5.32 Å². The average molecular weight is 278 g/mol. The van der Waals surface area contributed by atoms with Crippen molar-refractivity contribution in [2.45, 2.75) is 33.2 Å². The van der Waals surface area contributed by atoms with E-state index in [1.54, 1.807) is 6.20 Å². The molecule has 0 aliphatic heterocycles. The monoisotopic (exact) mass is 277 g/mol. The molecule has 0 fully saturated rings. The van der Waals surface area contributed by atoms with Crippen LogP contribution in [0.3, 0.4) is 0 Å². The number of imidazole rings is 1. The normalized spacial score (nSPS) is 10.7. The van der Waals surface area contributed by atoms with Crippen molar-refractivity contribution in [3.63, 3.8) is 0 Å². The fraction of sp³-hybridized carbons (Fsp3) is 0.400. The largest absolute Gasteiger partial charge is 0.377 e. The minimum Gasteiger partial charge on any atom is -0.377 e. The number of nitrogens with one attached hydrogen (secondary N) is 1. The van der Waals surface area contributed by atoms with E-state index in [4.69, 9.17) is 11.6 Å². The molecule has 102 valence electrons. The van der Waals surface area contributed by atoms with Crippen molar-refractivity contribution in [3.05, 3.63) is 46.5 Å². The maximum absolute atomic E-state index is 6.00. The minimum absolute atomic E-state index is 0.663. The third-order valence-electron chi connectivity index (χ3n) is 3.45. The number of aryl methyl sites for hydroxylation is 2. The Hall–Kier alpha value is -1.48. The van der Waals surface area contributed by atoms with Gasteiger partial charge in [0.2, 0.25) is 0 Å². The quantitative estimate of drug-likeness (QED) is 0.901. The zero-order valence-electron chi connectivity index (χ0n) is 11.7. The summed E-state index contributed by atoms with van der Waals surface area (Å²) in [6.45, 7) is 5.04. The van der Waals surface area contributed by atoms with E-state index >= 15 is 0 Å². The van der Waals surface area contributed by atoms with Crippen LogP contribution in [0.25, 0.3) is 0 Å². The van der Waals surface area contributed by atoms with Gasteiger partial charge in [-0.05, 0) is 24.0 Å². The first-order valence-corrected chi connectivity index (χ1v) is 7.05. The number of nitrogens with zero attached hydrogens (tertiary/aromatic N) is 2. The first-order valence-electron chi connectivity index (χ1n) is 6.68. The van der Waals surface area contributed by atoms with Gasteiger partial charge in [0.15, 0.2) is 0 Å². The summed E-state index contributed by atoms with van der Waals surface area (Å²) in [5.74, 6) is 0.943. The summed E-state index contributed by atoms with van der Waals surface area (Å²) in [6, 6.07) is 6.47. The lowest BCUT2D eigenvalue weighted by molar-refractivity contribution is 0.811. The summed E-state index contributed by atoms with van der Waals surface area (Å²) in [5, 5.41) is 4.18. The zero-order valence-corrected chi connectivity index (χ0v) is 12.5. The molecule has 19 heavy (non-hydrogen) atoms. The Morgan fingerprint density at radius 2 is 1.84 bits per heavy atom. The SMILES string of the molecule is CCc1cccc(CC)c1NCc1ncc(Cl)n1C. The van der Waals surface area contributed by atoms with Gasteiger partial charge in [-0.2, -0.15) is 0 Å². The van der Waals surface area contributed by atoms with Gasteiger partial charge < -0.3 is 9.88 Å². The van der Waals surface area contributed by atoms with Crippen molar-refractivity contribution in [3.8, 4) is 0 Å². The predicted octanol–water partition coefficient (Wildman–Crippen LogP) is 3.81. The van der Waals surface area contributed by atoms with E-state index in [-0.39, 0.29) is 0 Å². The number of anilines is 1. The number of halogens is 1. The molecule has 0 aliphatic carbocycles. The second-order valence-corrected chi connectivity index (χ2v) is 4.96. The highest BCUT2D eigenvalue weighted by molar-refractivity contribution is 6.29. The molecular formula is C15H20ClN3. The summed E-state index contributed by atoms with van der Waals surface area (Å²) < 4.78 is 1.90. The Morgan fingerprint density at radius 3 is 2.32 bits per heavy atom. The number of benzene rings is 1. The van der Waals surface area contributed by atoms with Crippen molar-refractivity contribution in [1.82, 2.24) is 9.55 Å². The van der Waals surface area contributed by atoms with Crippen LogP contribution < -0.4 is 5.32 Å². The Labute approximate surface area is 119 Å². The van der Waals surface area contributed by atoms with Gasteiger partial charge in [-0.3, -0.25) is 0 Å². The van der Waals surface area contributed by atoms with Crippen molar-refractivity contribution >= 4 is 17.3 Å². The highest BCUT2D eigenvalue weighted by atomic mass is 35.5. The summed E-state index contributed by atoms with van der Waals surface area (Å²) in [5.41, 5.74) is 3.94. The van der Waals surface area contributed by atoms with E-state index in [0.717, 1.165) is 18.7 Å². The first-order chi connectivity index (χ1) is 9.17. The van der Waals surface area contributed by atoms with Gasteiger partial charge >= 0.3 is 0 Å². The molecule has 0 radical (unpaired) electrons. The van der Waals surface area contributed by atoms with Gasteiger partial charge in [0.05, 0.1) is 12.7 Å². The predicted molar refractivity (Wildman–Crippen MR) is 80.7 cm³/mol. The number of rotatable bonds is 5. The van der Waals surface area contributed by atoms with Gasteiger partial charge in [0.25, 0.3) is 0 Å². The van der Waals surface area contributed by atoms with E-state index < -0.39 is 0 Å². The van der Waals surface area contributed by atoms with Crippen LogP contribution in [0.1, 0.15) is 30.8 Å². The van der Waals surface area contributed by atoms with Crippen LogP contribution in [0, 0.1) is 0 Å². The molecule has 1 heterocycles. The molecule has 3 nitrogen and oxygen atoms in total. The fourth-order valence-electron chi connectivity index (χ4n) is 2.23. The fourth-order valence-corrected chi connectivity index (χ4v) is 2.37. The van der Waals surface area contributed by atoms with Gasteiger partial charge in [-0.15, -0.1) is 0 Å². The van der Waals surface area contributed by atoms with Gasteiger partial charge in [-0.25, -0.2) is 4.98 Å². The summed E-state index contributed by atoms with van der Waals surface area (Å²) in [4.78, 5) is 4.31. The number of aromatic nitrogens is 2. The third-order valence-corrected chi connectivity index (χ3v) is 3.80. The molecule has 0 atom stereocenters. The summed E-state index contributed by atoms with van der Waals surface area (Å²) >= 11 is 6.00. The van der Waals surface area contributed by atoms with E-state index in [0.29, 0.717) is 11.7 Å². The smallest absolute Gasteiger partial charge is 0.128 e. The molecule has 2 rings (SSSR count). The van der Waals surface area contributed by atoms with Crippen LogP contribution >= 0.6 is 11.6 Å². The topological polar surface area (TPSA) is 29.9 Å². The van der Waals surface area contributed by atoms with Crippen LogP contribution in [0.15, 0.2) is 24.4 Å².